The van der Waals surface area contributed by atoms with Crippen LogP contribution in [0.4, 0.5) is 5.69 Å². The SMILES string of the molecule is C=CCNC(=O)CN(C)CC(=O)Nc1c(Cl)cccc1Cl. The number of nitrogens with zero attached hydrogens (tertiary/aromatic N) is 1. The van der Waals surface area contributed by atoms with Crippen LogP contribution in [0.1, 0.15) is 0 Å². The molecule has 0 unspecified atom stereocenters. The summed E-state index contributed by atoms with van der Waals surface area (Å²) < 4.78 is 0. The molecule has 1 aromatic carbocycles. The van der Waals surface area contributed by atoms with Crippen LogP contribution >= 0.6 is 23.2 Å². The average molecular weight is 330 g/mol. The first kappa shape index (κ1) is 17.5. The van der Waals surface area contributed by atoms with Gasteiger partial charge in [0.15, 0.2) is 0 Å². The third-order valence-electron chi connectivity index (χ3n) is 2.50. The number of hydrogen-bond acceptors (Lipinski definition) is 3. The Bertz CT molecular complexity index is 515. The van der Waals surface area contributed by atoms with E-state index < -0.39 is 0 Å². The molecule has 0 heterocycles. The first-order valence-corrected chi connectivity index (χ1v) is 6.99. The molecule has 2 N–H and O–H groups in total. The van der Waals surface area contributed by atoms with Crippen molar-refractivity contribution < 1.29 is 9.59 Å². The highest BCUT2D eigenvalue weighted by atomic mass is 35.5. The lowest BCUT2D eigenvalue weighted by Crippen LogP contribution is -2.39. The van der Waals surface area contributed by atoms with Crippen LogP contribution in [0.5, 0.6) is 0 Å². The molecule has 0 aromatic heterocycles. The number of likely N-dealkylation sites (N-methyl/N-ethyl adjacent to an activating group) is 1. The normalized spacial score (nSPS) is 10.3. The van der Waals surface area contributed by atoms with Gasteiger partial charge >= 0.3 is 0 Å². The van der Waals surface area contributed by atoms with Crippen molar-refractivity contribution in [3.63, 3.8) is 0 Å². The molecule has 114 valence electrons. The molecule has 0 spiro atoms. The Morgan fingerprint density at radius 1 is 1.24 bits per heavy atom. The number of carbonyl (C=O) groups excluding carboxylic acids is 2. The number of para-hydroxylation sites is 1. The first-order valence-electron chi connectivity index (χ1n) is 6.24. The fraction of sp³-hybridized carbons (Fsp3) is 0.286. The van der Waals surface area contributed by atoms with Crippen molar-refractivity contribution in [1.82, 2.24) is 10.2 Å². The first-order chi connectivity index (χ1) is 9.93. The van der Waals surface area contributed by atoms with Crippen LogP contribution in [0.15, 0.2) is 30.9 Å². The van der Waals surface area contributed by atoms with E-state index in [1.165, 1.54) is 0 Å². The van der Waals surface area contributed by atoms with Crippen LogP contribution in [0.25, 0.3) is 0 Å². The molecule has 0 atom stereocenters. The summed E-state index contributed by atoms with van der Waals surface area (Å²) in [6.07, 6.45) is 1.59. The second-order valence-electron chi connectivity index (χ2n) is 4.41. The lowest BCUT2D eigenvalue weighted by molar-refractivity contribution is -0.122. The van der Waals surface area contributed by atoms with Gasteiger partial charge in [0.2, 0.25) is 11.8 Å². The molecule has 0 saturated heterocycles. The van der Waals surface area contributed by atoms with E-state index in [0.29, 0.717) is 22.3 Å². The number of hydrogen-bond donors (Lipinski definition) is 2. The predicted molar refractivity (Wildman–Crippen MR) is 85.8 cm³/mol. The molecule has 2 amide bonds. The zero-order chi connectivity index (χ0) is 15.8. The Morgan fingerprint density at radius 3 is 2.38 bits per heavy atom. The van der Waals surface area contributed by atoms with Crippen LogP contribution in [0.3, 0.4) is 0 Å². The molecule has 0 aliphatic rings. The largest absolute Gasteiger partial charge is 0.352 e. The second kappa shape index (κ2) is 8.67. The summed E-state index contributed by atoms with van der Waals surface area (Å²) >= 11 is 11.9. The fourth-order valence-electron chi connectivity index (χ4n) is 1.58. The molecule has 0 saturated carbocycles. The van der Waals surface area contributed by atoms with Crippen LogP contribution in [-0.4, -0.2) is 43.4 Å². The average Bonchev–Trinajstić information content (AvgIpc) is 2.40. The van der Waals surface area contributed by atoms with Crippen LogP contribution in [0, 0.1) is 0 Å². The summed E-state index contributed by atoms with van der Waals surface area (Å²) in [4.78, 5) is 25.0. The molecule has 0 aliphatic carbocycles. The molecule has 1 aromatic rings. The monoisotopic (exact) mass is 329 g/mol. The molecule has 1 rings (SSSR count). The number of benzene rings is 1. The van der Waals surface area contributed by atoms with Gasteiger partial charge in [-0.05, 0) is 19.2 Å². The van der Waals surface area contributed by atoms with E-state index in [-0.39, 0.29) is 24.9 Å². The highest BCUT2D eigenvalue weighted by Crippen LogP contribution is 2.29. The van der Waals surface area contributed by atoms with Gasteiger partial charge in [0.1, 0.15) is 0 Å². The van der Waals surface area contributed by atoms with Gasteiger partial charge in [-0.1, -0.05) is 35.3 Å². The molecular weight excluding hydrogens is 313 g/mol. The third-order valence-corrected chi connectivity index (χ3v) is 3.13. The number of carbonyl (C=O) groups is 2. The minimum atomic E-state index is -0.302. The lowest BCUT2D eigenvalue weighted by Gasteiger charge is -2.16. The molecule has 0 radical (unpaired) electrons. The maximum atomic E-state index is 11.9. The Hall–Kier alpha value is -1.56. The van der Waals surface area contributed by atoms with Gasteiger partial charge in [-0.15, -0.1) is 6.58 Å². The fourth-order valence-corrected chi connectivity index (χ4v) is 2.08. The summed E-state index contributed by atoms with van der Waals surface area (Å²) in [5.74, 6) is -0.481. The number of nitrogens with one attached hydrogen (secondary N) is 2. The second-order valence-corrected chi connectivity index (χ2v) is 5.22. The maximum Gasteiger partial charge on any atom is 0.238 e. The molecule has 0 aliphatic heterocycles. The maximum absolute atomic E-state index is 11.9. The summed E-state index contributed by atoms with van der Waals surface area (Å²) in [5.41, 5.74) is 0.371. The van der Waals surface area contributed by atoms with Crippen molar-refractivity contribution in [2.24, 2.45) is 0 Å². The van der Waals surface area contributed by atoms with Gasteiger partial charge in [0.25, 0.3) is 0 Å². The molecule has 21 heavy (non-hydrogen) atoms. The van der Waals surface area contributed by atoms with Crippen molar-refractivity contribution in [3.8, 4) is 0 Å². The van der Waals surface area contributed by atoms with E-state index in [1.54, 1.807) is 36.2 Å². The van der Waals surface area contributed by atoms with Gasteiger partial charge in [0, 0.05) is 6.54 Å². The van der Waals surface area contributed by atoms with E-state index in [2.05, 4.69) is 17.2 Å². The van der Waals surface area contributed by atoms with Crippen molar-refractivity contribution in [3.05, 3.63) is 40.9 Å². The van der Waals surface area contributed by atoms with Crippen LogP contribution in [0.2, 0.25) is 10.0 Å². The number of halogens is 2. The Balaban J connectivity index is 2.50. The number of amides is 2. The minimum absolute atomic E-state index is 0.0447. The smallest absolute Gasteiger partial charge is 0.238 e. The number of rotatable bonds is 7. The predicted octanol–water partition coefficient (Wildman–Crippen LogP) is 2.17. The Morgan fingerprint density at radius 2 is 1.81 bits per heavy atom. The lowest BCUT2D eigenvalue weighted by atomic mass is 10.3. The van der Waals surface area contributed by atoms with E-state index in [1.807, 2.05) is 0 Å². The van der Waals surface area contributed by atoms with Crippen molar-refractivity contribution in [2.45, 2.75) is 0 Å². The Labute approximate surface area is 133 Å². The van der Waals surface area contributed by atoms with Gasteiger partial charge < -0.3 is 10.6 Å². The summed E-state index contributed by atoms with van der Waals surface area (Å²) in [5, 5.41) is 5.99. The van der Waals surface area contributed by atoms with Gasteiger partial charge in [-0.2, -0.15) is 0 Å². The van der Waals surface area contributed by atoms with Crippen molar-refractivity contribution >= 4 is 40.7 Å². The van der Waals surface area contributed by atoms with Gasteiger partial charge in [-0.3, -0.25) is 14.5 Å². The summed E-state index contributed by atoms with van der Waals surface area (Å²) in [6, 6.07) is 4.96. The third kappa shape index (κ3) is 6.16. The summed E-state index contributed by atoms with van der Waals surface area (Å²) in [7, 11) is 1.67. The van der Waals surface area contributed by atoms with Crippen LogP contribution in [-0.2, 0) is 9.59 Å². The zero-order valence-electron chi connectivity index (χ0n) is 11.7. The molecule has 0 fully saturated rings. The standard InChI is InChI=1S/C14H17Cl2N3O2/c1-3-7-17-12(20)8-19(2)9-13(21)18-14-10(15)5-4-6-11(14)16/h3-6H,1,7-9H2,2H3,(H,17,20)(H,18,21). The van der Waals surface area contributed by atoms with Crippen LogP contribution < -0.4 is 10.6 Å². The van der Waals surface area contributed by atoms with Gasteiger partial charge in [0.05, 0.1) is 28.8 Å². The molecule has 0 bridgehead atoms. The zero-order valence-corrected chi connectivity index (χ0v) is 13.2. The quantitative estimate of drug-likeness (QED) is 0.753. The highest BCUT2D eigenvalue weighted by Gasteiger charge is 2.13. The number of anilines is 1. The topological polar surface area (TPSA) is 61.4 Å². The van der Waals surface area contributed by atoms with E-state index in [4.69, 9.17) is 23.2 Å². The van der Waals surface area contributed by atoms with E-state index in [0.717, 1.165) is 0 Å². The van der Waals surface area contributed by atoms with Gasteiger partial charge in [-0.25, -0.2) is 0 Å². The minimum Gasteiger partial charge on any atom is -0.352 e. The van der Waals surface area contributed by atoms with Crippen molar-refractivity contribution in [1.29, 1.82) is 0 Å². The summed E-state index contributed by atoms with van der Waals surface area (Å²) in [6.45, 7) is 4.06. The molecule has 7 heteroatoms. The molecule has 5 nitrogen and oxygen atoms in total. The molecular formula is C14H17Cl2N3O2. The van der Waals surface area contributed by atoms with E-state index in [9.17, 15) is 9.59 Å². The van der Waals surface area contributed by atoms with E-state index >= 15 is 0 Å². The van der Waals surface area contributed by atoms with Crippen molar-refractivity contribution in [2.75, 3.05) is 32.0 Å². The Kier molecular flexibility index (Phi) is 7.22. The highest BCUT2D eigenvalue weighted by molar-refractivity contribution is 6.39.